The molecular weight excluding hydrogens is 436 g/mol. The van der Waals surface area contributed by atoms with Gasteiger partial charge in [-0.2, -0.15) is 0 Å². The zero-order valence-electron chi connectivity index (χ0n) is 16.4. The van der Waals surface area contributed by atoms with Crippen LogP contribution in [0.2, 0.25) is 0 Å². The van der Waals surface area contributed by atoms with Crippen LogP contribution in [0.1, 0.15) is 66.6 Å². The fourth-order valence-corrected chi connectivity index (χ4v) is 4.71. The lowest BCUT2D eigenvalue weighted by atomic mass is 9.77. The van der Waals surface area contributed by atoms with E-state index in [1.165, 1.54) is 18.4 Å². The summed E-state index contributed by atoms with van der Waals surface area (Å²) >= 11 is 0. The minimum atomic E-state index is -1.16. The van der Waals surface area contributed by atoms with Crippen LogP contribution in [0.4, 0.5) is 13.2 Å². The molecule has 2 fully saturated rings. The van der Waals surface area contributed by atoms with Crippen LogP contribution in [0.25, 0.3) is 0 Å². The van der Waals surface area contributed by atoms with Crippen molar-refractivity contribution in [2.24, 2.45) is 5.73 Å². The summed E-state index contributed by atoms with van der Waals surface area (Å²) in [5.74, 6) is -1.69. The van der Waals surface area contributed by atoms with Crippen LogP contribution in [0.5, 0.6) is 0 Å². The highest BCUT2D eigenvalue weighted by atomic mass is 35.5. The van der Waals surface area contributed by atoms with Gasteiger partial charge in [0.1, 0.15) is 11.6 Å². The van der Waals surface area contributed by atoms with Crippen LogP contribution < -0.4 is 5.73 Å². The van der Waals surface area contributed by atoms with Gasteiger partial charge in [0.25, 0.3) is 0 Å². The molecule has 2 aromatic rings. The van der Waals surface area contributed by atoms with Crippen LogP contribution in [0.15, 0.2) is 18.3 Å². The summed E-state index contributed by atoms with van der Waals surface area (Å²) in [4.78, 5) is 11.6. The first-order valence-electron chi connectivity index (χ1n) is 9.98. The molecule has 164 valence electrons. The Labute approximate surface area is 186 Å². The van der Waals surface area contributed by atoms with Gasteiger partial charge < -0.3 is 5.73 Å². The molecule has 0 amide bonds. The quantitative estimate of drug-likeness (QED) is 0.680. The fraction of sp³-hybridized carbons (Fsp3) is 0.524. The van der Waals surface area contributed by atoms with E-state index in [-0.39, 0.29) is 48.4 Å². The lowest BCUT2D eigenvalue weighted by Crippen LogP contribution is -2.44. The van der Waals surface area contributed by atoms with Gasteiger partial charge in [0.2, 0.25) is 0 Å². The van der Waals surface area contributed by atoms with E-state index in [1.54, 1.807) is 0 Å². The lowest BCUT2D eigenvalue weighted by molar-refractivity contribution is 0.137. The number of rotatable bonds is 3. The molecule has 30 heavy (non-hydrogen) atoms. The molecule has 2 saturated carbocycles. The summed E-state index contributed by atoms with van der Waals surface area (Å²) in [7, 11) is 0. The van der Waals surface area contributed by atoms with Crippen molar-refractivity contribution in [3.05, 3.63) is 58.4 Å². The van der Waals surface area contributed by atoms with E-state index in [2.05, 4.69) is 9.88 Å². The molecule has 1 aromatic carbocycles. The summed E-state index contributed by atoms with van der Waals surface area (Å²) in [6, 6.07) is 1.57. The Bertz CT molecular complexity index is 925. The van der Waals surface area contributed by atoms with Crippen molar-refractivity contribution in [1.82, 2.24) is 14.9 Å². The molecule has 1 aliphatic heterocycles. The molecule has 2 heterocycles. The molecule has 2 aliphatic carbocycles. The second-order valence-corrected chi connectivity index (χ2v) is 8.40. The maximum atomic E-state index is 14.2. The Morgan fingerprint density at radius 1 is 0.933 bits per heavy atom. The summed E-state index contributed by atoms with van der Waals surface area (Å²) < 4.78 is 41.0. The largest absolute Gasteiger partial charge is 0.327 e. The molecule has 4 nitrogen and oxygen atoms in total. The number of nitrogens with two attached hydrogens (primary N) is 1. The Kier molecular flexibility index (Phi) is 6.97. The molecule has 5 rings (SSSR count). The second-order valence-electron chi connectivity index (χ2n) is 8.40. The minimum absolute atomic E-state index is 0. The van der Waals surface area contributed by atoms with Gasteiger partial charge >= 0.3 is 0 Å². The van der Waals surface area contributed by atoms with E-state index < -0.39 is 17.5 Å². The van der Waals surface area contributed by atoms with E-state index in [1.807, 2.05) is 6.20 Å². The molecule has 1 aromatic heterocycles. The SMILES string of the molecule is Cl.Cl.N[C@H]1C[C@@H](N2Cc3cnc(C4CC4)nc3C2)CC[C@@H]1c1cc(F)c(F)cc1F. The monoisotopic (exact) mass is 460 g/mol. The maximum Gasteiger partial charge on any atom is 0.161 e. The predicted molar refractivity (Wildman–Crippen MR) is 112 cm³/mol. The Morgan fingerprint density at radius 3 is 2.37 bits per heavy atom. The fourth-order valence-electron chi connectivity index (χ4n) is 4.71. The van der Waals surface area contributed by atoms with Crippen molar-refractivity contribution in [2.45, 2.75) is 69.1 Å². The van der Waals surface area contributed by atoms with Crippen molar-refractivity contribution in [3.63, 3.8) is 0 Å². The highest BCUT2D eigenvalue weighted by Crippen LogP contribution is 2.40. The Balaban J connectivity index is 0.00000128. The number of hydrogen-bond donors (Lipinski definition) is 1. The van der Waals surface area contributed by atoms with Gasteiger partial charge in [-0.25, -0.2) is 23.1 Å². The lowest BCUT2D eigenvalue weighted by Gasteiger charge is -2.38. The third kappa shape index (κ3) is 4.31. The summed E-state index contributed by atoms with van der Waals surface area (Å²) in [5, 5.41) is 0. The summed E-state index contributed by atoms with van der Waals surface area (Å²) in [5.41, 5.74) is 8.84. The van der Waals surface area contributed by atoms with Gasteiger partial charge in [0.15, 0.2) is 11.6 Å². The molecule has 0 spiro atoms. The van der Waals surface area contributed by atoms with E-state index in [4.69, 9.17) is 10.7 Å². The zero-order valence-corrected chi connectivity index (χ0v) is 18.0. The van der Waals surface area contributed by atoms with Crippen molar-refractivity contribution in [2.75, 3.05) is 0 Å². The van der Waals surface area contributed by atoms with Crippen LogP contribution >= 0.6 is 24.8 Å². The van der Waals surface area contributed by atoms with Crippen LogP contribution in [-0.4, -0.2) is 27.0 Å². The third-order valence-corrected chi connectivity index (χ3v) is 6.47. The summed E-state index contributed by atoms with van der Waals surface area (Å²) in [6.45, 7) is 1.60. The molecule has 0 unspecified atom stereocenters. The number of fused-ring (bicyclic) bond motifs is 1. The zero-order chi connectivity index (χ0) is 19.4. The maximum absolute atomic E-state index is 14.2. The topological polar surface area (TPSA) is 55.0 Å². The summed E-state index contributed by atoms with van der Waals surface area (Å²) in [6.07, 6.45) is 6.51. The molecule has 0 bridgehead atoms. The number of nitrogens with zero attached hydrogens (tertiary/aromatic N) is 3. The van der Waals surface area contributed by atoms with Gasteiger partial charge in [0.05, 0.1) is 5.69 Å². The van der Waals surface area contributed by atoms with Gasteiger partial charge in [-0.3, -0.25) is 4.90 Å². The van der Waals surface area contributed by atoms with E-state index in [0.717, 1.165) is 37.1 Å². The highest BCUT2D eigenvalue weighted by Gasteiger charge is 2.37. The first kappa shape index (κ1) is 23.3. The minimum Gasteiger partial charge on any atom is -0.327 e. The van der Waals surface area contributed by atoms with Gasteiger partial charge in [0, 0.05) is 54.8 Å². The molecule has 9 heteroatoms. The molecule has 3 atom stereocenters. The van der Waals surface area contributed by atoms with Gasteiger partial charge in [-0.15, -0.1) is 24.8 Å². The van der Waals surface area contributed by atoms with E-state index in [9.17, 15) is 13.2 Å². The number of halogens is 5. The molecular formula is C21H25Cl2F3N4. The molecule has 0 saturated heterocycles. The van der Waals surface area contributed by atoms with Crippen molar-refractivity contribution >= 4 is 24.8 Å². The molecule has 3 aliphatic rings. The normalized spacial score (nSPS) is 25.9. The van der Waals surface area contributed by atoms with E-state index in [0.29, 0.717) is 24.8 Å². The predicted octanol–water partition coefficient (Wildman–Crippen LogP) is 4.59. The average Bonchev–Trinajstić information content (AvgIpc) is 3.43. The standard InChI is InChI=1S/C21H23F3N4.2ClH/c22-16-7-18(24)17(23)6-15(16)14-4-3-13(5-19(14)25)28-9-12-8-26-21(11-1-2-11)27-20(12)10-28;;/h6-8,11,13-14,19H,1-5,9-10,25H2;2*1H/t13-,14+,19-;;/m0../s1. The number of hydrogen-bond acceptors (Lipinski definition) is 4. The number of aromatic nitrogens is 2. The van der Waals surface area contributed by atoms with Gasteiger partial charge in [-0.05, 0) is 43.7 Å². The molecule has 0 radical (unpaired) electrons. The molecule has 2 N–H and O–H groups in total. The Morgan fingerprint density at radius 2 is 1.67 bits per heavy atom. The Hall–Kier alpha value is -1.41. The smallest absolute Gasteiger partial charge is 0.161 e. The second kappa shape index (κ2) is 8.99. The van der Waals surface area contributed by atoms with Crippen molar-refractivity contribution < 1.29 is 13.2 Å². The first-order chi connectivity index (χ1) is 13.5. The van der Waals surface area contributed by atoms with Crippen molar-refractivity contribution in [3.8, 4) is 0 Å². The van der Waals surface area contributed by atoms with Crippen LogP contribution in [0.3, 0.4) is 0 Å². The van der Waals surface area contributed by atoms with Gasteiger partial charge in [-0.1, -0.05) is 0 Å². The first-order valence-corrected chi connectivity index (χ1v) is 9.98. The number of benzene rings is 1. The van der Waals surface area contributed by atoms with Crippen LogP contribution in [0, 0.1) is 17.5 Å². The highest BCUT2D eigenvalue weighted by molar-refractivity contribution is 5.85. The van der Waals surface area contributed by atoms with E-state index >= 15 is 0 Å². The average molecular weight is 461 g/mol. The third-order valence-electron chi connectivity index (χ3n) is 6.47. The van der Waals surface area contributed by atoms with Crippen molar-refractivity contribution in [1.29, 1.82) is 0 Å². The van der Waals surface area contributed by atoms with Crippen LogP contribution in [-0.2, 0) is 13.1 Å².